The first kappa shape index (κ1) is 17.5. The third-order valence-electron chi connectivity index (χ3n) is 6.45. The molecule has 0 spiro atoms. The van der Waals surface area contributed by atoms with Gasteiger partial charge < -0.3 is 14.8 Å². The highest BCUT2D eigenvalue weighted by Crippen LogP contribution is 2.37. The van der Waals surface area contributed by atoms with Gasteiger partial charge in [0, 0.05) is 31.7 Å². The maximum atomic E-state index is 11.8. The average molecular weight is 352 g/mol. The highest BCUT2D eigenvalue weighted by Gasteiger charge is 2.45. The van der Waals surface area contributed by atoms with Crippen LogP contribution < -0.4 is 16.2 Å². The van der Waals surface area contributed by atoms with Gasteiger partial charge in [-0.15, -0.1) is 0 Å². The Hall–Kier alpha value is -0.890. The second-order valence-corrected chi connectivity index (χ2v) is 8.17. The van der Waals surface area contributed by atoms with Crippen molar-refractivity contribution >= 4 is 6.09 Å². The van der Waals surface area contributed by atoms with Crippen LogP contribution in [0, 0.1) is 11.8 Å². The molecule has 0 radical (unpaired) electrons. The van der Waals surface area contributed by atoms with E-state index in [4.69, 9.17) is 9.47 Å². The Bertz CT molecular complexity index is 477. The van der Waals surface area contributed by atoms with Crippen LogP contribution in [-0.2, 0) is 9.47 Å². The number of nitrogens with zero attached hydrogens (tertiary/aromatic N) is 1. The predicted molar refractivity (Wildman–Crippen MR) is 94.0 cm³/mol. The lowest BCUT2D eigenvalue weighted by Gasteiger charge is -2.36. The maximum Gasteiger partial charge on any atom is 0.407 e. The molecule has 3 heterocycles. The van der Waals surface area contributed by atoms with Crippen LogP contribution in [0.15, 0.2) is 0 Å². The van der Waals surface area contributed by atoms with Crippen molar-refractivity contribution in [3.05, 3.63) is 0 Å². The lowest BCUT2D eigenvalue weighted by Crippen LogP contribution is -2.42. The molecule has 0 aromatic carbocycles. The van der Waals surface area contributed by atoms with Gasteiger partial charge in [-0.3, -0.25) is 15.8 Å². The fourth-order valence-corrected chi connectivity index (χ4v) is 5.09. The van der Waals surface area contributed by atoms with Gasteiger partial charge in [0.2, 0.25) is 0 Å². The molecule has 7 nitrogen and oxygen atoms in total. The molecule has 1 aliphatic carbocycles. The van der Waals surface area contributed by atoms with Gasteiger partial charge in [0.05, 0.1) is 12.2 Å². The van der Waals surface area contributed by atoms with E-state index in [9.17, 15) is 4.79 Å². The molecule has 1 amide bonds. The second kappa shape index (κ2) is 7.78. The van der Waals surface area contributed by atoms with E-state index in [0.29, 0.717) is 43.2 Å². The van der Waals surface area contributed by atoms with Crippen LogP contribution in [0.25, 0.3) is 0 Å². The largest absolute Gasteiger partial charge is 0.448 e. The van der Waals surface area contributed by atoms with Crippen molar-refractivity contribution in [1.82, 2.24) is 21.1 Å². The topological polar surface area (TPSA) is 74.9 Å². The summed E-state index contributed by atoms with van der Waals surface area (Å²) in [6.45, 7) is 6.21. The summed E-state index contributed by atoms with van der Waals surface area (Å²) in [4.78, 5) is 14.2. The molecule has 4 fully saturated rings. The van der Waals surface area contributed by atoms with Crippen molar-refractivity contribution in [1.29, 1.82) is 0 Å². The number of fused-ring (bicyclic) bond motifs is 4. The summed E-state index contributed by atoms with van der Waals surface area (Å²) >= 11 is 0. The molecular weight excluding hydrogens is 320 g/mol. The summed E-state index contributed by atoms with van der Waals surface area (Å²) in [6, 6.07) is 1.13. The van der Waals surface area contributed by atoms with Gasteiger partial charge in [-0.25, -0.2) is 4.79 Å². The van der Waals surface area contributed by atoms with Gasteiger partial charge in [-0.05, 0) is 57.4 Å². The van der Waals surface area contributed by atoms with E-state index in [1.807, 2.05) is 0 Å². The first-order valence-corrected chi connectivity index (χ1v) is 9.98. The Kier molecular flexibility index (Phi) is 5.45. The fourth-order valence-electron chi connectivity index (χ4n) is 5.09. The van der Waals surface area contributed by atoms with Crippen LogP contribution >= 0.6 is 0 Å². The Balaban J connectivity index is 1.44. The average Bonchev–Trinajstić information content (AvgIpc) is 3.20. The number of hydrogen-bond acceptors (Lipinski definition) is 6. The van der Waals surface area contributed by atoms with E-state index < -0.39 is 0 Å². The number of carbonyl (C=O) groups is 1. The molecule has 142 valence electrons. The van der Waals surface area contributed by atoms with Gasteiger partial charge in [0.15, 0.2) is 0 Å². The summed E-state index contributed by atoms with van der Waals surface area (Å²) in [7, 11) is 0. The first-order chi connectivity index (χ1) is 12.2. The third kappa shape index (κ3) is 4.10. The summed E-state index contributed by atoms with van der Waals surface area (Å²) in [5.41, 5.74) is 7.16. The number of amides is 1. The van der Waals surface area contributed by atoms with Gasteiger partial charge in [-0.2, -0.15) is 0 Å². The molecule has 0 aromatic heterocycles. The van der Waals surface area contributed by atoms with E-state index in [2.05, 4.69) is 28.0 Å². The van der Waals surface area contributed by atoms with Crippen LogP contribution in [0.1, 0.15) is 39.0 Å². The maximum absolute atomic E-state index is 11.8. The smallest absolute Gasteiger partial charge is 0.407 e. The van der Waals surface area contributed by atoms with E-state index in [1.165, 1.54) is 12.8 Å². The number of ether oxygens (including phenoxy) is 2. The Labute approximate surface area is 150 Å². The Morgan fingerprint density at radius 3 is 2.96 bits per heavy atom. The van der Waals surface area contributed by atoms with Crippen LogP contribution in [0.4, 0.5) is 4.79 Å². The van der Waals surface area contributed by atoms with E-state index in [-0.39, 0.29) is 12.2 Å². The van der Waals surface area contributed by atoms with Crippen molar-refractivity contribution in [3.8, 4) is 0 Å². The summed E-state index contributed by atoms with van der Waals surface area (Å²) in [6.07, 6.45) is 5.70. The molecule has 7 atom stereocenters. The number of rotatable bonds is 0. The SMILES string of the molecule is C[C@@H]1CCNC(=O)OCCN2CCC(C2)C2NNC3CCC(CC32)O1. The first-order valence-electron chi connectivity index (χ1n) is 9.98. The second-order valence-electron chi connectivity index (χ2n) is 8.17. The fraction of sp³-hybridized carbons (Fsp3) is 0.944. The quantitative estimate of drug-likeness (QED) is 0.600. The molecule has 4 aliphatic rings. The Morgan fingerprint density at radius 2 is 2.04 bits per heavy atom. The van der Waals surface area contributed by atoms with Crippen molar-refractivity contribution in [3.63, 3.8) is 0 Å². The molecular formula is C18H32N4O3. The molecule has 6 unspecified atom stereocenters. The highest BCUT2D eigenvalue weighted by atomic mass is 16.5. The number of hydrogen-bond donors (Lipinski definition) is 3. The molecule has 1 saturated carbocycles. The third-order valence-corrected chi connectivity index (χ3v) is 6.45. The molecule has 3 aliphatic heterocycles. The van der Waals surface area contributed by atoms with Crippen molar-refractivity contribution in [2.75, 3.05) is 32.8 Å². The normalized spacial score (nSPS) is 45.6. The molecule has 3 N–H and O–H groups in total. The van der Waals surface area contributed by atoms with Crippen LogP contribution in [0.3, 0.4) is 0 Å². The molecule has 0 aromatic rings. The summed E-state index contributed by atoms with van der Waals surface area (Å²) in [5, 5.41) is 2.84. The lowest BCUT2D eigenvalue weighted by molar-refractivity contribution is -0.0395. The van der Waals surface area contributed by atoms with Gasteiger partial charge in [0.1, 0.15) is 6.61 Å². The van der Waals surface area contributed by atoms with Crippen LogP contribution in [-0.4, -0.2) is 68.1 Å². The zero-order valence-electron chi connectivity index (χ0n) is 15.2. The van der Waals surface area contributed by atoms with Crippen LogP contribution in [0.5, 0.6) is 0 Å². The number of carbonyl (C=O) groups excluding carboxylic acids is 1. The van der Waals surface area contributed by atoms with Crippen molar-refractivity contribution < 1.29 is 14.3 Å². The van der Waals surface area contributed by atoms with E-state index in [0.717, 1.165) is 38.9 Å². The summed E-state index contributed by atoms with van der Waals surface area (Å²) < 4.78 is 11.6. The number of alkyl carbamates (subject to hydrolysis) is 1. The summed E-state index contributed by atoms with van der Waals surface area (Å²) in [5.74, 6) is 1.33. The zero-order valence-corrected chi connectivity index (χ0v) is 15.2. The standard InChI is InChI=1S/C18H32N4O3/c1-12-4-6-19-18(23)24-9-8-22-7-5-13(11-22)17-15-10-14(25-12)2-3-16(15)20-21-17/h12-17,20-21H,2-11H2,1H3,(H,19,23)/t12-,13?,14?,15?,16?,17?/m1/s1. The van der Waals surface area contributed by atoms with Gasteiger partial charge in [0.25, 0.3) is 0 Å². The van der Waals surface area contributed by atoms with E-state index in [1.54, 1.807) is 0 Å². The minimum atomic E-state index is -0.308. The van der Waals surface area contributed by atoms with Gasteiger partial charge in [-0.1, -0.05) is 0 Å². The van der Waals surface area contributed by atoms with Gasteiger partial charge >= 0.3 is 6.09 Å². The number of hydrazine groups is 1. The van der Waals surface area contributed by atoms with Crippen LogP contribution in [0.2, 0.25) is 0 Å². The predicted octanol–water partition coefficient (Wildman–Crippen LogP) is 0.857. The van der Waals surface area contributed by atoms with Crippen molar-refractivity contribution in [2.24, 2.45) is 11.8 Å². The Morgan fingerprint density at radius 1 is 1.12 bits per heavy atom. The molecule has 4 rings (SSSR count). The molecule has 4 bridgehead atoms. The number of nitrogens with one attached hydrogen (secondary N) is 3. The lowest BCUT2D eigenvalue weighted by atomic mass is 9.76. The van der Waals surface area contributed by atoms with E-state index >= 15 is 0 Å². The molecule has 7 heteroatoms. The highest BCUT2D eigenvalue weighted by molar-refractivity contribution is 5.67. The minimum absolute atomic E-state index is 0.164. The minimum Gasteiger partial charge on any atom is -0.448 e. The zero-order chi connectivity index (χ0) is 17.2. The molecule has 25 heavy (non-hydrogen) atoms. The molecule has 3 saturated heterocycles. The van der Waals surface area contributed by atoms with Crippen molar-refractivity contribution in [2.45, 2.75) is 63.3 Å². The monoisotopic (exact) mass is 352 g/mol. The number of cyclic esters (lactones) is 1.